The third-order valence-electron chi connectivity index (χ3n) is 3.47. The molecule has 0 N–H and O–H groups in total. The van der Waals surface area contributed by atoms with Gasteiger partial charge in [0, 0.05) is 24.1 Å². The minimum atomic E-state index is 0.154. The summed E-state index contributed by atoms with van der Waals surface area (Å²) in [7, 11) is 1.83. The molecule has 0 saturated heterocycles. The molecule has 0 heterocycles. The summed E-state index contributed by atoms with van der Waals surface area (Å²) in [4.78, 5) is 15.0. The van der Waals surface area contributed by atoms with E-state index in [0.29, 0.717) is 19.6 Å². The quantitative estimate of drug-likeness (QED) is 0.685. The first-order chi connectivity index (χ1) is 11.1. The summed E-state index contributed by atoms with van der Waals surface area (Å²) in [5, 5.41) is 0. The van der Waals surface area contributed by atoms with E-state index in [1.54, 1.807) is 16.7 Å². The number of benzene rings is 2. The SMILES string of the molecule is Cc1ccc(SCCC(=O)N(C)CCOc2ccccc2)cc1. The normalized spacial score (nSPS) is 10.3. The van der Waals surface area contributed by atoms with Gasteiger partial charge in [-0.3, -0.25) is 4.79 Å². The second-order valence-electron chi connectivity index (χ2n) is 5.39. The third-order valence-corrected chi connectivity index (χ3v) is 4.48. The molecule has 0 radical (unpaired) electrons. The van der Waals surface area contributed by atoms with Gasteiger partial charge in [-0.15, -0.1) is 11.8 Å². The highest BCUT2D eigenvalue weighted by Crippen LogP contribution is 2.19. The van der Waals surface area contributed by atoms with Crippen molar-refractivity contribution in [1.29, 1.82) is 0 Å². The summed E-state index contributed by atoms with van der Waals surface area (Å²) in [6, 6.07) is 18.0. The Bertz CT molecular complexity index is 599. The van der Waals surface area contributed by atoms with Crippen LogP contribution >= 0.6 is 11.8 Å². The van der Waals surface area contributed by atoms with Crippen molar-refractivity contribution in [1.82, 2.24) is 4.90 Å². The van der Waals surface area contributed by atoms with E-state index in [1.807, 2.05) is 37.4 Å². The number of nitrogens with zero attached hydrogens (tertiary/aromatic N) is 1. The van der Waals surface area contributed by atoms with Crippen LogP contribution in [-0.2, 0) is 4.79 Å². The molecule has 0 saturated carbocycles. The van der Waals surface area contributed by atoms with Gasteiger partial charge in [0.15, 0.2) is 0 Å². The fraction of sp³-hybridized carbons (Fsp3) is 0.316. The molecular weight excluding hydrogens is 306 g/mol. The lowest BCUT2D eigenvalue weighted by molar-refractivity contribution is -0.129. The number of thioether (sulfide) groups is 1. The van der Waals surface area contributed by atoms with E-state index in [0.717, 1.165) is 11.5 Å². The zero-order valence-electron chi connectivity index (χ0n) is 13.7. The molecule has 0 unspecified atom stereocenters. The Kier molecular flexibility index (Phi) is 7.01. The molecule has 23 heavy (non-hydrogen) atoms. The topological polar surface area (TPSA) is 29.5 Å². The van der Waals surface area contributed by atoms with E-state index < -0.39 is 0 Å². The van der Waals surface area contributed by atoms with Crippen LogP contribution in [0.2, 0.25) is 0 Å². The van der Waals surface area contributed by atoms with Gasteiger partial charge in [-0.1, -0.05) is 35.9 Å². The Morgan fingerprint density at radius 1 is 1.09 bits per heavy atom. The number of carbonyl (C=O) groups is 1. The minimum absolute atomic E-state index is 0.154. The number of hydrogen-bond acceptors (Lipinski definition) is 3. The molecule has 0 bridgehead atoms. The number of aryl methyl sites for hydroxylation is 1. The highest BCUT2D eigenvalue weighted by atomic mass is 32.2. The second-order valence-corrected chi connectivity index (χ2v) is 6.56. The first kappa shape index (κ1) is 17.4. The molecule has 0 atom stereocenters. The lowest BCUT2D eigenvalue weighted by atomic mass is 10.2. The molecule has 0 aliphatic heterocycles. The monoisotopic (exact) mass is 329 g/mol. The summed E-state index contributed by atoms with van der Waals surface area (Å²) >= 11 is 1.72. The van der Waals surface area contributed by atoms with Crippen molar-refractivity contribution in [2.45, 2.75) is 18.2 Å². The summed E-state index contributed by atoms with van der Waals surface area (Å²) in [6.45, 7) is 3.19. The van der Waals surface area contributed by atoms with Gasteiger partial charge in [0.05, 0.1) is 6.54 Å². The van der Waals surface area contributed by atoms with Crippen molar-refractivity contribution < 1.29 is 9.53 Å². The standard InChI is InChI=1S/C19H23NO2S/c1-16-8-10-18(11-9-16)23-15-12-19(21)20(2)13-14-22-17-6-4-3-5-7-17/h3-11H,12-15H2,1-2H3. The van der Waals surface area contributed by atoms with E-state index in [9.17, 15) is 4.79 Å². The van der Waals surface area contributed by atoms with E-state index in [4.69, 9.17) is 4.74 Å². The van der Waals surface area contributed by atoms with Gasteiger partial charge in [-0.05, 0) is 31.2 Å². The van der Waals surface area contributed by atoms with Crippen LogP contribution in [0.5, 0.6) is 5.75 Å². The van der Waals surface area contributed by atoms with Gasteiger partial charge < -0.3 is 9.64 Å². The third kappa shape index (κ3) is 6.37. The van der Waals surface area contributed by atoms with E-state index in [-0.39, 0.29) is 5.91 Å². The predicted molar refractivity (Wildman–Crippen MR) is 96.1 cm³/mol. The molecule has 0 fully saturated rings. The minimum Gasteiger partial charge on any atom is -0.492 e. The highest BCUT2D eigenvalue weighted by Gasteiger charge is 2.08. The van der Waals surface area contributed by atoms with Crippen LogP contribution in [0.3, 0.4) is 0 Å². The second kappa shape index (κ2) is 9.26. The first-order valence-corrected chi connectivity index (χ1v) is 8.75. The largest absolute Gasteiger partial charge is 0.492 e. The number of amides is 1. The summed E-state index contributed by atoms with van der Waals surface area (Å²) in [6.07, 6.45) is 0.542. The Morgan fingerprint density at radius 2 is 1.78 bits per heavy atom. The summed E-state index contributed by atoms with van der Waals surface area (Å²) in [5.41, 5.74) is 1.25. The zero-order valence-corrected chi connectivity index (χ0v) is 14.5. The number of hydrogen-bond donors (Lipinski definition) is 0. The fourth-order valence-electron chi connectivity index (χ4n) is 2.02. The molecule has 0 spiro atoms. The first-order valence-electron chi connectivity index (χ1n) is 7.76. The van der Waals surface area contributed by atoms with Crippen LogP contribution in [0.4, 0.5) is 0 Å². The lowest BCUT2D eigenvalue weighted by Gasteiger charge is -2.17. The Balaban J connectivity index is 1.63. The van der Waals surface area contributed by atoms with Crippen molar-refractivity contribution >= 4 is 17.7 Å². The van der Waals surface area contributed by atoms with Crippen molar-refractivity contribution in [2.75, 3.05) is 26.0 Å². The number of likely N-dealkylation sites (N-methyl/N-ethyl adjacent to an activating group) is 1. The maximum absolute atomic E-state index is 12.1. The molecular formula is C19H23NO2S. The van der Waals surface area contributed by atoms with Crippen LogP contribution in [0.15, 0.2) is 59.5 Å². The highest BCUT2D eigenvalue weighted by molar-refractivity contribution is 7.99. The van der Waals surface area contributed by atoms with Crippen LogP contribution in [0.25, 0.3) is 0 Å². The Morgan fingerprint density at radius 3 is 2.48 bits per heavy atom. The lowest BCUT2D eigenvalue weighted by Crippen LogP contribution is -2.31. The van der Waals surface area contributed by atoms with Gasteiger partial charge in [-0.2, -0.15) is 0 Å². The predicted octanol–water partition coefficient (Wildman–Crippen LogP) is 4.01. The smallest absolute Gasteiger partial charge is 0.223 e. The van der Waals surface area contributed by atoms with Gasteiger partial charge >= 0.3 is 0 Å². The zero-order chi connectivity index (χ0) is 16.5. The van der Waals surface area contributed by atoms with Gasteiger partial charge in [0.2, 0.25) is 5.91 Å². The van der Waals surface area contributed by atoms with Gasteiger partial charge in [0.25, 0.3) is 0 Å². The molecule has 122 valence electrons. The molecule has 0 aromatic heterocycles. The van der Waals surface area contributed by atoms with Crippen LogP contribution in [0.1, 0.15) is 12.0 Å². The average Bonchev–Trinajstić information content (AvgIpc) is 2.57. The van der Waals surface area contributed by atoms with Crippen LogP contribution in [0, 0.1) is 6.92 Å². The number of ether oxygens (including phenoxy) is 1. The van der Waals surface area contributed by atoms with Gasteiger partial charge in [0.1, 0.15) is 12.4 Å². The molecule has 2 aromatic carbocycles. The average molecular weight is 329 g/mol. The van der Waals surface area contributed by atoms with Crippen molar-refractivity contribution in [3.05, 3.63) is 60.2 Å². The van der Waals surface area contributed by atoms with Crippen molar-refractivity contribution in [3.8, 4) is 5.75 Å². The molecule has 1 amide bonds. The molecule has 0 aliphatic carbocycles. The Hall–Kier alpha value is -1.94. The van der Waals surface area contributed by atoms with Crippen LogP contribution in [-0.4, -0.2) is 36.8 Å². The van der Waals surface area contributed by atoms with Crippen LogP contribution < -0.4 is 4.74 Å². The van der Waals surface area contributed by atoms with Crippen molar-refractivity contribution in [2.24, 2.45) is 0 Å². The molecule has 3 nitrogen and oxygen atoms in total. The fourth-order valence-corrected chi connectivity index (χ4v) is 2.86. The van der Waals surface area contributed by atoms with Crippen molar-refractivity contribution in [3.63, 3.8) is 0 Å². The molecule has 2 rings (SSSR count). The molecule has 4 heteroatoms. The molecule has 2 aromatic rings. The van der Waals surface area contributed by atoms with E-state index >= 15 is 0 Å². The summed E-state index contributed by atoms with van der Waals surface area (Å²) < 4.78 is 5.61. The summed E-state index contributed by atoms with van der Waals surface area (Å²) in [5.74, 6) is 1.79. The van der Waals surface area contributed by atoms with E-state index in [2.05, 4.69) is 31.2 Å². The number of rotatable bonds is 8. The van der Waals surface area contributed by atoms with Gasteiger partial charge in [-0.25, -0.2) is 0 Å². The molecule has 0 aliphatic rings. The maximum atomic E-state index is 12.1. The number of para-hydroxylation sites is 1. The maximum Gasteiger partial charge on any atom is 0.223 e. The Labute approximate surface area is 142 Å². The van der Waals surface area contributed by atoms with E-state index in [1.165, 1.54) is 10.5 Å². The number of carbonyl (C=O) groups excluding carboxylic acids is 1.